The molecule has 0 radical (unpaired) electrons. The molecular weight excluding hydrogens is 372 g/mol. The molecule has 2 amide bonds. The average molecular weight is 394 g/mol. The summed E-state index contributed by atoms with van der Waals surface area (Å²) in [4.78, 5) is 37.4. The fraction of sp³-hybridized carbons (Fsp3) is 0.227. The standard InChI is InChI=1S/C22H22N2O5/c1-23-21(27)20(19(26)15-25)24(2)22(28)17-10-12-18(13-11-17)29-14-6-9-16-7-4-3-5-8-16/h3-5,7-8,10-13,20,25H,14-15H2,1-2H3,(H,23,27). The molecule has 1 atom stereocenters. The Morgan fingerprint density at radius 2 is 1.76 bits per heavy atom. The Labute approximate surface area is 169 Å². The number of hydrogen-bond donors (Lipinski definition) is 2. The van der Waals surface area contributed by atoms with E-state index in [0.29, 0.717) is 5.75 Å². The average Bonchev–Trinajstić information content (AvgIpc) is 2.77. The number of benzene rings is 2. The maximum Gasteiger partial charge on any atom is 0.254 e. The van der Waals surface area contributed by atoms with Gasteiger partial charge in [-0.25, -0.2) is 0 Å². The van der Waals surface area contributed by atoms with Crippen molar-refractivity contribution in [3.05, 3.63) is 65.7 Å². The second-order valence-corrected chi connectivity index (χ2v) is 6.04. The lowest BCUT2D eigenvalue weighted by Gasteiger charge is -2.25. The van der Waals surface area contributed by atoms with Gasteiger partial charge in [-0.05, 0) is 36.4 Å². The molecule has 2 rings (SSSR count). The first kappa shape index (κ1) is 21.7. The molecule has 0 spiro atoms. The van der Waals surface area contributed by atoms with Crippen molar-refractivity contribution in [3.63, 3.8) is 0 Å². The van der Waals surface area contributed by atoms with Crippen LogP contribution in [-0.2, 0) is 9.59 Å². The van der Waals surface area contributed by atoms with Crippen molar-refractivity contribution < 1.29 is 24.2 Å². The SMILES string of the molecule is CNC(=O)C(C(=O)CO)N(C)C(=O)c1ccc(OCC#Cc2ccccc2)cc1. The van der Waals surface area contributed by atoms with E-state index in [0.717, 1.165) is 10.5 Å². The summed E-state index contributed by atoms with van der Waals surface area (Å²) in [5.41, 5.74) is 1.16. The zero-order chi connectivity index (χ0) is 21.2. The summed E-state index contributed by atoms with van der Waals surface area (Å²) >= 11 is 0. The van der Waals surface area contributed by atoms with Crippen molar-refractivity contribution in [1.82, 2.24) is 10.2 Å². The minimum absolute atomic E-state index is 0.186. The third-order valence-corrected chi connectivity index (χ3v) is 4.08. The van der Waals surface area contributed by atoms with Crippen LogP contribution in [0.3, 0.4) is 0 Å². The van der Waals surface area contributed by atoms with Gasteiger partial charge in [-0.2, -0.15) is 0 Å². The highest BCUT2D eigenvalue weighted by Gasteiger charge is 2.32. The van der Waals surface area contributed by atoms with Crippen LogP contribution < -0.4 is 10.1 Å². The molecule has 150 valence electrons. The Balaban J connectivity index is 2.01. The van der Waals surface area contributed by atoms with Gasteiger partial charge in [0.1, 0.15) is 19.0 Å². The zero-order valence-electron chi connectivity index (χ0n) is 16.2. The molecule has 2 aromatic rings. The molecule has 2 aromatic carbocycles. The van der Waals surface area contributed by atoms with E-state index < -0.39 is 30.2 Å². The highest BCUT2D eigenvalue weighted by Crippen LogP contribution is 2.14. The van der Waals surface area contributed by atoms with Crippen LogP contribution in [0, 0.1) is 11.8 Å². The van der Waals surface area contributed by atoms with Crippen LogP contribution in [0.2, 0.25) is 0 Å². The Bertz CT molecular complexity index is 898. The summed E-state index contributed by atoms with van der Waals surface area (Å²) in [5, 5.41) is 11.4. The Hall–Kier alpha value is -3.63. The zero-order valence-corrected chi connectivity index (χ0v) is 16.2. The quantitative estimate of drug-likeness (QED) is 0.537. The Morgan fingerprint density at radius 1 is 1.10 bits per heavy atom. The van der Waals surface area contributed by atoms with E-state index in [-0.39, 0.29) is 12.2 Å². The molecule has 0 aliphatic carbocycles. The van der Waals surface area contributed by atoms with E-state index in [1.54, 1.807) is 12.1 Å². The Kier molecular flexibility index (Phi) is 7.95. The number of aliphatic hydroxyl groups excluding tert-OH is 1. The number of aliphatic hydroxyl groups is 1. The van der Waals surface area contributed by atoms with Gasteiger partial charge in [0, 0.05) is 25.2 Å². The van der Waals surface area contributed by atoms with Crippen molar-refractivity contribution in [3.8, 4) is 17.6 Å². The lowest BCUT2D eigenvalue weighted by Crippen LogP contribution is -2.52. The smallest absolute Gasteiger partial charge is 0.254 e. The maximum absolute atomic E-state index is 12.6. The molecule has 1 unspecified atom stereocenters. The monoisotopic (exact) mass is 394 g/mol. The lowest BCUT2D eigenvalue weighted by molar-refractivity contribution is -0.135. The van der Waals surface area contributed by atoms with Gasteiger partial charge in [-0.1, -0.05) is 30.0 Å². The molecule has 29 heavy (non-hydrogen) atoms. The molecule has 7 nitrogen and oxygen atoms in total. The third kappa shape index (κ3) is 5.92. The fourth-order valence-electron chi connectivity index (χ4n) is 2.55. The van der Waals surface area contributed by atoms with Crippen LogP contribution in [0.4, 0.5) is 0 Å². The second kappa shape index (κ2) is 10.6. The van der Waals surface area contributed by atoms with E-state index in [4.69, 9.17) is 9.84 Å². The van der Waals surface area contributed by atoms with Gasteiger partial charge in [0.25, 0.3) is 5.91 Å². The molecule has 0 aliphatic heterocycles. The van der Waals surface area contributed by atoms with Crippen molar-refractivity contribution in [2.75, 3.05) is 27.3 Å². The fourth-order valence-corrected chi connectivity index (χ4v) is 2.55. The maximum atomic E-state index is 12.6. The summed E-state index contributed by atoms with van der Waals surface area (Å²) in [6.45, 7) is -0.654. The first-order valence-electron chi connectivity index (χ1n) is 8.87. The van der Waals surface area contributed by atoms with E-state index >= 15 is 0 Å². The van der Waals surface area contributed by atoms with Gasteiger partial charge in [0.05, 0.1) is 0 Å². The second-order valence-electron chi connectivity index (χ2n) is 6.04. The normalized spacial score (nSPS) is 10.9. The summed E-state index contributed by atoms with van der Waals surface area (Å²) < 4.78 is 5.53. The molecule has 0 saturated carbocycles. The van der Waals surface area contributed by atoms with Crippen molar-refractivity contribution >= 4 is 17.6 Å². The number of ketones is 1. The van der Waals surface area contributed by atoms with Gasteiger partial charge in [0.15, 0.2) is 11.8 Å². The molecule has 0 heterocycles. The Morgan fingerprint density at radius 3 is 2.34 bits per heavy atom. The van der Waals surface area contributed by atoms with Crippen molar-refractivity contribution in [2.45, 2.75) is 6.04 Å². The van der Waals surface area contributed by atoms with Gasteiger partial charge in [0.2, 0.25) is 5.91 Å². The number of Topliss-reactive ketones (excluding diaryl/α,β-unsaturated/α-hetero) is 1. The predicted molar refractivity (Wildman–Crippen MR) is 107 cm³/mol. The number of likely N-dealkylation sites (N-methyl/N-ethyl adjacent to an activating group) is 2. The molecule has 2 N–H and O–H groups in total. The topological polar surface area (TPSA) is 95.9 Å². The summed E-state index contributed by atoms with van der Waals surface area (Å²) in [7, 11) is 2.69. The third-order valence-electron chi connectivity index (χ3n) is 4.08. The van der Waals surface area contributed by atoms with Crippen LogP contribution in [0.5, 0.6) is 5.75 Å². The van der Waals surface area contributed by atoms with Crippen molar-refractivity contribution in [1.29, 1.82) is 0 Å². The molecule has 0 bridgehead atoms. The lowest BCUT2D eigenvalue weighted by atomic mass is 10.1. The molecule has 0 aromatic heterocycles. The van der Waals surface area contributed by atoms with Crippen LogP contribution in [0.25, 0.3) is 0 Å². The van der Waals surface area contributed by atoms with E-state index in [2.05, 4.69) is 17.2 Å². The predicted octanol–water partition coefficient (Wildman–Crippen LogP) is 0.865. The minimum atomic E-state index is -1.40. The van der Waals surface area contributed by atoms with Crippen molar-refractivity contribution in [2.24, 2.45) is 0 Å². The van der Waals surface area contributed by atoms with Gasteiger partial charge >= 0.3 is 0 Å². The van der Waals surface area contributed by atoms with Crippen LogP contribution in [0.15, 0.2) is 54.6 Å². The molecule has 0 saturated heterocycles. The minimum Gasteiger partial charge on any atom is -0.481 e. The highest BCUT2D eigenvalue weighted by atomic mass is 16.5. The van der Waals surface area contributed by atoms with E-state index in [1.807, 2.05) is 30.3 Å². The number of amides is 2. The van der Waals surface area contributed by atoms with Crippen LogP contribution in [-0.4, -0.2) is 61.0 Å². The number of carbonyl (C=O) groups is 3. The molecular formula is C22H22N2O5. The first-order chi connectivity index (χ1) is 14.0. The summed E-state index contributed by atoms with van der Waals surface area (Å²) in [5.74, 6) is 4.44. The van der Waals surface area contributed by atoms with Gasteiger partial charge < -0.3 is 20.1 Å². The number of ether oxygens (including phenoxy) is 1. The number of nitrogens with one attached hydrogen (secondary N) is 1. The van der Waals surface area contributed by atoms with Crippen LogP contribution in [0.1, 0.15) is 15.9 Å². The van der Waals surface area contributed by atoms with Crippen LogP contribution >= 0.6 is 0 Å². The number of nitrogens with zero attached hydrogens (tertiary/aromatic N) is 1. The number of carbonyl (C=O) groups excluding carboxylic acids is 3. The summed E-state index contributed by atoms with van der Waals surface area (Å²) in [6, 6.07) is 14.4. The summed E-state index contributed by atoms with van der Waals surface area (Å²) in [6.07, 6.45) is 0. The van der Waals surface area contributed by atoms with E-state index in [1.165, 1.54) is 26.2 Å². The van der Waals surface area contributed by atoms with E-state index in [9.17, 15) is 14.4 Å². The molecule has 7 heteroatoms. The highest BCUT2D eigenvalue weighted by molar-refractivity contribution is 6.10. The largest absolute Gasteiger partial charge is 0.481 e. The number of hydrogen-bond acceptors (Lipinski definition) is 5. The molecule has 0 aliphatic rings. The first-order valence-corrected chi connectivity index (χ1v) is 8.87. The molecule has 0 fully saturated rings. The van der Waals surface area contributed by atoms with Gasteiger partial charge in [-0.3, -0.25) is 14.4 Å². The number of rotatable bonds is 7. The van der Waals surface area contributed by atoms with Gasteiger partial charge in [-0.15, -0.1) is 0 Å².